The highest BCUT2D eigenvalue weighted by Crippen LogP contribution is 2.29. The highest BCUT2D eigenvalue weighted by Gasteiger charge is 2.23. The van der Waals surface area contributed by atoms with Crippen LogP contribution < -0.4 is 5.32 Å². The molecule has 1 aliphatic rings. The summed E-state index contributed by atoms with van der Waals surface area (Å²) >= 11 is 7.11. The van der Waals surface area contributed by atoms with E-state index in [1.165, 1.54) is 38.2 Å². The van der Waals surface area contributed by atoms with Crippen LogP contribution in [-0.4, -0.2) is 30.6 Å². The summed E-state index contributed by atoms with van der Waals surface area (Å²) in [7, 11) is 0. The van der Waals surface area contributed by atoms with Crippen LogP contribution in [0.1, 0.15) is 26.7 Å². The Hall–Kier alpha value is -0.0600. The third-order valence-corrected chi connectivity index (χ3v) is 5.25. The Labute approximate surface area is 133 Å². The lowest BCUT2D eigenvalue weighted by molar-refractivity contribution is 0.183. The van der Waals surface area contributed by atoms with Crippen LogP contribution >= 0.6 is 31.9 Å². The zero-order valence-corrected chi connectivity index (χ0v) is 14.8. The number of halogens is 2. The van der Waals surface area contributed by atoms with Crippen molar-refractivity contribution in [1.82, 2.24) is 4.90 Å². The van der Waals surface area contributed by atoms with Crippen LogP contribution in [0.15, 0.2) is 27.1 Å². The van der Waals surface area contributed by atoms with Gasteiger partial charge in [0.2, 0.25) is 0 Å². The van der Waals surface area contributed by atoms with Gasteiger partial charge in [0.05, 0.1) is 0 Å². The molecule has 0 amide bonds. The zero-order valence-electron chi connectivity index (χ0n) is 11.6. The van der Waals surface area contributed by atoms with Crippen molar-refractivity contribution in [3.63, 3.8) is 0 Å². The largest absolute Gasteiger partial charge is 0.381 e. The van der Waals surface area contributed by atoms with Gasteiger partial charge in [0.15, 0.2) is 0 Å². The summed E-state index contributed by atoms with van der Waals surface area (Å²) in [6.45, 7) is 8.23. The van der Waals surface area contributed by atoms with E-state index in [4.69, 9.17) is 0 Å². The smallest absolute Gasteiger partial charge is 0.0487 e. The van der Waals surface area contributed by atoms with Gasteiger partial charge in [-0.3, -0.25) is 0 Å². The molecule has 19 heavy (non-hydrogen) atoms. The minimum atomic E-state index is 0.525. The maximum absolute atomic E-state index is 3.65. The van der Waals surface area contributed by atoms with Gasteiger partial charge in [-0.25, -0.2) is 0 Å². The number of nitrogens with one attached hydrogen (secondary N) is 1. The van der Waals surface area contributed by atoms with Gasteiger partial charge >= 0.3 is 0 Å². The molecule has 2 nitrogen and oxygen atoms in total. The first-order valence-electron chi connectivity index (χ1n) is 7.04. The number of benzene rings is 1. The van der Waals surface area contributed by atoms with E-state index in [1.54, 1.807) is 0 Å². The average Bonchev–Trinajstić information content (AvgIpc) is 2.42. The molecule has 0 aliphatic carbocycles. The van der Waals surface area contributed by atoms with Gasteiger partial charge in [0.25, 0.3) is 0 Å². The van der Waals surface area contributed by atoms with E-state index >= 15 is 0 Å². The Morgan fingerprint density at radius 3 is 2.58 bits per heavy atom. The first-order valence-corrected chi connectivity index (χ1v) is 8.62. The minimum Gasteiger partial charge on any atom is -0.381 e. The molecule has 1 aliphatic heterocycles. The summed E-state index contributed by atoms with van der Waals surface area (Å²) in [5.41, 5.74) is 1.19. The third-order valence-electron chi connectivity index (χ3n) is 4.10. The molecule has 1 unspecified atom stereocenters. The fraction of sp³-hybridized carbons (Fsp3) is 0.600. The predicted octanol–water partition coefficient (Wildman–Crippen LogP) is 4.74. The Morgan fingerprint density at radius 1 is 1.32 bits per heavy atom. The summed E-state index contributed by atoms with van der Waals surface area (Å²) in [5.74, 6) is 0.776. The third kappa shape index (κ3) is 4.20. The molecule has 1 heterocycles. The van der Waals surface area contributed by atoms with Crippen molar-refractivity contribution in [2.45, 2.75) is 32.7 Å². The molecule has 106 valence electrons. The lowest BCUT2D eigenvalue weighted by Gasteiger charge is -2.35. The van der Waals surface area contributed by atoms with Gasteiger partial charge in [0.1, 0.15) is 0 Å². The molecule has 1 N–H and O–H groups in total. The van der Waals surface area contributed by atoms with Gasteiger partial charge in [0, 0.05) is 20.7 Å². The van der Waals surface area contributed by atoms with Crippen LogP contribution in [-0.2, 0) is 0 Å². The van der Waals surface area contributed by atoms with Gasteiger partial charge in [-0.15, -0.1) is 0 Å². The van der Waals surface area contributed by atoms with Crippen molar-refractivity contribution in [3.05, 3.63) is 27.1 Å². The van der Waals surface area contributed by atoms with Crippen molar-refractivity contribution >= 4 is 37.5 Å². The number of nitrogens with zero attached hydrogens (tertiary/aromatic N) is 1. The van der Waals surface area contributed by atoms with Crippen molar-refractivity contribution in [1.29, 1.82) is 0 Å². The van der Waals surface area contributed by atoms with E-state index in [0.29, 0.717) is 6.04 Å². The zero-order chi connectivity index (χ0) is 13.8. The molecule has 0 bridgehead atoms. The highest BCUT2D eigenvalue weighted by molar-refractivity contribution is 9.11. The molecule has 1 saturated heterocycles. The van der Waals surface area contributed by atoms with Crippen molar-refractivity contribution < 1.29 is 0 Å². The van der Waals surface area contributed by atoms with Crippen LogP contribution in [0.5, 0.6) is 0 Å². The molecule has 0 spiro atoms. The SMILES string of the molecule is CCN1CCC(C(C)Nc2ccc(Br)cc2Br)CC1. The van der Waals surface area contributed by atoms with Crippen LogP contribution in [0, 0.1) is 5.92 Å². The first-order chi connectivity index (χ1) is 9.10. The molecule has 2 rings (SSSR count). The molecule has 4 heteroatoms. The molecule has 0 aromatic heterocycles. The van der Waals surface area contributed by atoms with Crippen molar-refractivity contribution in [2.75, 3.05) is 25.0 Å². The maximum Gasteiger partial charge on any atom is 0.0487 e. The molecular formula is C15H22Br2N2. The molecule has 1 fully saturated rings. The number of piperidine rings is 1. The van der Waals surface area contributed by atoms with Gasteiger partial charge in [-0.2, -0.15) is 0 Å². The average molecular weight is 390 g/mol. The van der Waals surface area contributed by atoms with Gasteiger partial charge < -0.3 is 10.2 Å². The van der Waals surface area contributed by atoms with Gasteiger partial charge in [-0.1, -0.05) is 22.9 Å². The second-order valence-electron chi connectivity index (χ2n) is 5.33. The summed E-state index contributed by atoms with van der Waals surface area (Å²) in [6.07, 6.45) is 2.60. The number of hydrogen-bond acceptors (Lipinski definition) is 2. The molecule has 1 aromatic rings. The van der Waals surface area contributed by atoms with Crippen molar-refractivity contribution in [3.8, 4) is 0 Å². The Kier molecular flexibility index (Phi) is 5.72. The van der Waals surface area contributed by atoms with Gasteiger partial charge in [-0.05, 0) is 79.4 Å². The summed E-state index contributed by atoms with van der Waals surface area (Å²) < 4.78 is 2.23. The number of likely N-dealkylation sites (tertiary alicyclic amines) is 1. The quantitative estimate of drug-likeness (QED) is 0.799. The maximum atomic E-state index is 3.65. The number of hydrogen-bond donors (Lipinski definition) is 1. The van der Waals surface area contributed by atoms with E-state index in [0.717, 1.165) is 14.9 Å². The Morgan fingerprint density at radius 2 is 2.00 bits per heavy atom. The Bertz CT molecular complexity index is 415. The molecular weight excluding hydrogens is 368 g/mol. The van der Waals surface area contributed by atoms with E-state index in [1.807, 2.05) is 0 Å². The van der Waals surface area contributed by atoms with E-state index in [-0.39, 0.29) is 0 Å². The lowest BCUT2D eigenvalue weighted by atomic mass is 9.90. The normalized spacial score (nSPS) is 19.4. The Balaban J connectivity index is 1.92. The standard InChI is InChI=1S/C15H22Br2N2/c1-3-19-8-6-12(7-9-19)11(2)18-15-5-4-13(16)10-14(15)17/h4-5,10-12,18H,3,6-9H2,1-2H3. The fourth-order valence-corrected chi connectivity index (χ4v) is 3.90. The first kappa shape index (κ1) is 15.3. The number of rotatable bonds is 4. The second kappa shape index (κ2) is 7.09. The molecule has 0 radical (unpaired) electrons. The highest BCUT2D eigenvalue weighted by atomic mass is 79.9. The van der Waals surface area contributed by atoms with Crippen molar-refractivity contribution in [2.24, 2.45) is 5.92 Å². The van der Waals surface area contributed by atoms with E-state index < -0.39 is 0 Å². The second-order valence-corrected chi connectivity index (χ2v) is 7.10. The fourth-order valence-electron chi connectivity index (χ4n) is 2.74. The number of anilines is 1. The topological polar surface area (TPSA) is 15.3 Å². The van der Waals surface area contributed by atoms with E-state index in [9.17, 15) is 0 Å². The summed E-state index contributed by atoms with van der Waals surface area (Å²) in [6, 6.07) is 6.83. The lowest BCUT2D eigenvalue weighted by Crippen LogP contribution is -2.39. The molecule has 0 saturated carbocycles. The summed E-state index contributed by atoms with van der Waals surface area (Å²) in [4.78, 5) is 2.54. The predicted molar refractivity (Wildman–Crippen MR) is 89.8 cm³/mol. The van der Waals surface area contributed by atoms with Crippen LogP contribution in [0.2, 0.25) is 0 Å². The van der Waals surface area contributed by atoms with Crippen LogP contribution in [0.3, 0.4) is 0 Å². The monoisotopic (exact) mass is 388 g/mol. The van der Waals surface area contributed by atoms with E-state index in [2.05, 4.69) is 74.1 Å². The minimum absolute atomic E-state index is 0.525. The molecule has 1 aromatic carbocycles. The van der Waals surface area contributed by atoms with Crippen LogP contribution in [0.25, 0.3) is 0 Å². The summed E-state index contributed by atoms with van der Waals surface area (Å²) in [5, 5.41) is 3.65. The molecule has 1 atom stereocenters. The van der Waals surface area contributed by atoms with Crippen LogP contribution in [0.4, 0.5) is 5.69 Å².